The molecule has 3 radical (unpaired) electrons. The molecule has 1 aliphatic rings. The van der Waals surface area contributed by atoms with Crippen LogP contribution >= 0.6 is 83.3 Å². The first-order valence-corrected chi connectivity index (χ1v) is 40.2. The van der Waals surface area contributed by atoms with Crippen LogP contribution in [0.2, 0.25) is 0 Å². The zero-order valence-corrected chi connectivity index (χ0v) is 61.9. The molecule has 0 aliphatic heterocycles. The maximum atomic E-state index is 11.8. The van der Waals surface area contributed by atoms with E-state index < -0.39 is 15.9 Å². The van der Waals surface area contributed by atoms with E-state index in [1.54, 1.807) is 46.9 Å². The molecule has 20 aromatic rings. The van der Waals surface area contributed by atoms with Crippen molar-refractivity contribution in [3.63, 3.8) is 0 Å². The van der Waals surface area contributed by atoms with Gasteiger partial charge in [0.2, 0.25) is 11.6 Å². The third kappa shape index (κ3) is 12.3. The highest BCUT2D eigenvalue weighted by Crippen LogP contribution is 2.53. The molecule has 1 aliphatic carbocycles. The monoisotopic (exact) mass is 1520 g/mol. The van der Waals surface area contributed by atoms with Crippen molar-refractivity contribution in [3.05, 3.63) is 278 Å². The average molecular weight is 1520 g/mol. The number of aromatic nitrogens is 2. The SMILES string of the molecule is C.ClC(Cl)Cl.Nc1c(-c2cccc3c2oc2ccccc23)sc(-c2cccc3c2oc2ccccc23)c1N.O=C1C(=O)c2ccccc2-c2ccccc21.PPP.[B].c1ccc2c(c1)oc1c(-c3sc(-c4cccc5c4oc4ccccc45)c4nc5c6ccccc6c6ccccc6c5nc34)cccc12. The number of para-hydroxylation sites is 8. The van der Waals surface area contributed by atoms with Crippen LogP contribution in [0, 0.1) is 0 Å². The smallest absolute Gasteiger partial charge is 0.234 e. The van der Waals surface area contributed by atoms with Crippen LogP contribution in [0.15, 0.2) is 285 Å². The molecule has 0 bridgehead atoms. The van der Waals surface area contributed by atoms with Crippen LogP contribution in [0.4, 0.5) is 11.4 Å². The van der Waals surface area contributed by atoms with Crippen LogP contribution in [0.5, 0.6) is 0 Å². The summed E-state index contributed by atoms with van der Waals surface area (Å²) in [4.78, 5) is 38.6. The summed E-state index contributed by atoms with van der Waals surface area (Å²) in [5, 5.41) is 13.2. The summed E-state index contributed by atoms with van der Waals surface area (Å²) in [6.45, 7) is 0. The van der Waals surface area contributed by atoms with E-state index in [0.29, 0.717) is 22.5 Å². The Morgan fingerprint density at radius 3 is 0.829 bits per heavy atom. The first kappa shape index (κ1) is 70.4. The quantitative estimate of drug-likeness (QED) is 0.0570. The maximum absolute atomic E-state index is 11.8. The van der Waals surface area contributed by atoms with Crippen LogP contribution in [0.3, 0.4) is 0 Å². The van der Waals surface area contributed by atoms with Gasteiger partial charge in [-0.1, -0.05) is 269 Å². The summed E-state index contributed by atoms with van der Waals surface area (Å²) in [6, 6.07) is 89.2. The molecule has 0 fully saturated rings. The van der Waals surface area contributed by atoms with Crippen molar-refractivity contribution >= 4 is 246 Å². The second-order valence-corrected chi connectivity index (χ2v) is 32.7. The summed E-state index contributed by atoms with van der Waals surface area (Å²) in [7, 11) is 6.06. The van der Waals surface area contributed by atoms with Gasteiger partial charge in [0.1, 0.15) is 55.7 Å². The topological polar surface area (TPSA) is 165 Å². The lowest BCUT2D eigenvalue weighted by Gasteiger charge is -2.16. The Kier molecular flexibility index (Phi) is 19.7. The van der Waals surface area contributed by atoms with Gasteiger partial charge in [-0.05, 0) is 70.4 Å². The molecule has 13 aromatic carbocycles. The minimum atomic E-state index is -0.750. The van der Waals surface area contributed by atoms with Crippen molar-refractivity contribution in [2.75, 3.05) is 11.5 Å². The number of thiophene rings is 2. The molecule has 10 nitrogen and oxygen atoms in total. The van der Waals surface area contributed by atoms with Gasteiger partial charge in [0.25, 0.3) is 0 Å². The molecule has 0 spiro atoms. The fourth-order valence-corrected chi connectivity index (χ4v) is 16.6. The molecule has 0 amide bonds. The van der Waals surface area contributed by atoms with E-state index in [9.17, 15) is 9.59 Å². The fourth-order valence-electron chi connectivity index (χ4n) is 14.2. The molecule has 7 aromatic heterocycles. The highest BCUT2D eigenvalue weighted by Gasteiger charge is 2.30. The first-order valence-electron chi connectivity index (χ1n) is 32.7. The van der Waals surface area contributed by atoms with Crippen molar-refractivity contribution < 1.29 is 27.3 Å². The van der Waals surface area contributed by atoms with Crippen molar-refractivity contribution in [2.24, 2.45) is 0 Å². The molecule has 21 rings (SSSR count). The number of rotatable bonds is 4. The van der Waals surface area contributed by atoms with Crippen molar-refractivity contribution in [1.82, 2.24) is 9.97 Å². The molecule has 0 saturated carbocycles. The van der Waals surface area contributed by atoms with Gasteiger partial charge >= 0.3 is 0 Å². The highest BCUT2D eigenvalue weighted by atomic mass is 35.6. The number of benzene rings is 13. The van der Waals surface area contributed by atoms with E-state index in [-0.39, 0.29) is 15.8 Å². The number of nitrogen functional groups attached to an aromatic ring is 2. The van der Waals surface area contributed by atoms with E-state index in [1.165, 1.54) is 10.8 Å². The number of nitrogens with zero attached hydrogens (tertiary/aromatic N) is 2. The largest absolute Gasteiger partial charge is 0.455 e. The number of ketones is 2. The second kappa shape index (κ2) is 29.4. The second-order valence-electron chi connectivity index (χ2n) is 24.3. The van der Waals surface area contributed by atoms with Crippen LogP contribution < -0.4 is 11.5 Å². The molecule has 105 heavy (non-hydrogen) atoms. The summed E-state index contributed by atoms with van der Waals surface area (Å²) in [5.74, 6) is -0.816. The van der Waals surface area contributed by atoms with Gasteiger partial charge in [0, 0.05) is 95.7 Å². The van der Waals surface area contributed by atoms with E-state index in [0.717, 1.165) is 181 Å². The first-order chi connectivity index (χ1) is 50.5. The van der Waals surface area contributed by atoms with Crippen molar-refractivity contribution in [3.8, 4) is 52.9 Å². The van der Waals surface area contributed by atoms with E-state index in [4.69, 9.17) is 73.9 Å². The number of anilines is 2. The number of nitrogens with two attached hydrogens (primary N) is 2. The van der Waals surface area contributed by atoms with Gasteiger partial charge in [-0.15, -0.1) is 40.5 Å². The standard InChI is InChI=1S/C42H22N2O2S.C28H18N2O2S.C14H8O2.CHCl3.CH4.B.H5P3/c1-3-15-27-23(11-1)24-12-2-4-16-28(24)36-35(27)43-37-38(44-36)42(32-20-10-18-30-26-14-6-8-22-34(26)46-40(30)32)47-41(37)31-19-9-17-29-25-13-5-7-21-33(25)45-39(29)31;29-23-24(30)28(20-12-6-10-18-16-8-2-4-14-22(16)32-26(18)20)33-27(23)19-11-5-9-17-15-7-1-3-13-21(15)31-25(17)19;15-13-11-7-3-1-5-9(11)10-6-2-4-8-12(10)14(13)16;2-1(3)4;;;1-3-2/h1-22H;1-14H,29-30H2;1-8H;1H;1H4;;3H,1-2H2. The predicted octanol–water partition coefficient (Wildman–Crippen LogP) is 26.5. The Balaban J connectivity index is 0.000000132. The lowest BCUT2D eigenvalue weighted by molar-refractivity contribution is 0.0815. The normalized spacial score (nSPS) is 11.8. The van der Waals surface area contributed by atoms with Gasteiger partial charge in [0.05, 0.1) is 41.9 Å². The van der Waals surface area contributed by atoms with E-state index >= 15 is 0 Å². The van der Waals surface area contributed by atoms with Crippen LogP contribution in [-0.2, 0) is 0 Å². The zero-order chi connectivity index (χ0) is 70.1. The van der Waals surface area contributed by atoms with Crippen LogP contribution in [-0.4, -0.2) is 34.2 Å². The minimum Gasteiger partial charge on any atom is -0.455 e. The zero-order valence-electron chi connectivity index (χ0n) is 54.7. The number of furan rings is 4. The van der Waals surface area contributed by atoms with Crippen molar-refractivity contribution in [1.29, 1.82) is 0 Å². The molecule has 4 N–H and O–H groups in total. The van der Waals surface area contributed by atoms with Crippen LogP contribution in [0.25, 0.3) is 184 Å². The molecular weight excluding hydrogens is 1460 g/mol. The Bertz CT molecular complexity index is 6430. The number of Topliss-reactive ketones (excluding diaryl/α,β-unsaturated/α-hetero) is 2. The molecule has 7 heterocycles. The number of fused-ring (bicyclic) bond motifs is 22. The predicted molar refractivity (Wildman–Crippen MR) is 456 cm³/mol. The van der Waals surface area contributed by atoms with Gasteiger partial charge in [-0.25, -0.2) is 9.97 Å². The van der Waals surface area contributed by atoms with Gasteiger partial charge in [0.15, 0.2) is 4.30 Å². The number of carbonyl (C=O) groups is 2. The molecule has 2 unspecified atom stereocenters. The van der Waals surface area contributed by atoms with Crippen molar-refractivity contribution in [2.45, 2.75) is 11.7 Å². The van der Waals surface area contributed by atoms with Crippen LogP contribution in [0.1, 0.15) is 28.1 Å². The molecule has 0 saturated heterocycles. The Morgan fingerprint density at radius 1 is 0.305 bits per heavy atom. The number of hydrogen-bond donors (Lipinski definition) is 2. The van der Waals surface area contributed by atoms with Gasteiger partial charge in [-0.2, -0.15) is 0 Å². The molecule has 509 valence electrons. The fraction of sp³-hybridized carbons (Fsp3) is 0.0233. The molecule has 19 heteroatoms. The molecular formula is C86H58BCl3N4O6P3S2. The maximum Gasteiger partial charge on any atom is 0.234 e. The molecule has 2 atom stereocenters. The number of alkyl halides is 3. The third-order valence-electron chi connectivity index (χ3n) is 18.6. The summed E-state index contributed by atoms with van der Waals surface area (Å²) >= 11 is 17.7. The lowest BCUT2D eigenvalue weighted by Crippen LogP contribution is -2.20. The van der Waals surface area contributed by atoms with Gasteiger partial charge < -0.3 is 29.1 Å². The van der Waals surface area contributed by atoms with Gasteiger partial charge in [-0.3, -0.25) is 9.59 Å². The lowest BCUT2D eigenvalue weighted by atomic mass is 9.84. The Hall–Kier alpha value is -10.3. The van der Waals surface area contributed by atoms with E-state index in [2.05, 4.69) is 151 Å². The van der Waals surface area contributed by atoms with E-state index in [1.807, 2.05) is 109 Å². The summed E-state index contributed by atoms with van der Waals surface area (Å²) in [6.07, 6.45) is 0. The highest BCUT2D eigenvalue weighted by molar-refractivity contribution is 8.33. The summed E-state index contributed by atoms with van der Waals surface area (Å²) < 4.78 is 24.9. The average Bonchev–Trinajstić information content (AvgIpc) is 1.63. The minimum absolute atomic E-state index is 0. The third-order valence-corrected chi connectivity index (χ3v) is 21.1. The number of hydrogen-bond acceptors (Lipinski definition) is 12. The number of halogens is 3. The Labute approximate surface area is 632 Å². The Morgan fingerprint density at radius 2 is 0.524 bits per heavy atom. The number of carbonyl (C=O) groups excluding carboxylic acids is 2. The summed E-state index contributed by atoms with van der Waals surface area (Å²) in [5.41, 5.74) is 31.3.